The van der Waals surface area contributed by atoms with Crippen molar-refractivity contribution in [2.45, 2.75) is 13.1 Å². The molecule has 4 rings (SSSR count). The van der Waals surface area contributed by atoms with Gasteiger partial charge in [0.15, 0.2) is 11.5 Å². The molecule has 8 nitrogen and oxygen atoms in total. The fraction of sp³-hybridized carbons (Fsp3) is 0.280. The number of methoxy groups -OCH3 is 1. The van der Waals surface area contributed by atoms with Crippen LogP contribution in [0.1, 0.15) is 21.7 Å². The molecule has 0 spiro atoms. The highest BCUT2D eigenvalue weighted by molar-refractivity contribution is 5.96. The van der Waals surface area contributed by atoms with Gasteiger partial charge >= 0.3 is 0 Å². The molecular formula is C25H25FN2O6. The van der Waals surface area contributed by atoms with Crippen LogP contribution in [-0.4, -0.2) is 55.2 Å². The first-order chi connectivity index (χ1) is 16.5. The summed E-state index contributed by atoms with van der Waals surface area (Å²) in [5.41, 5.74) is 0.729. The lowest BCUT2D eigenvalue weighted by molar-refractivity contribution is -0.133. The number of rotatable bonds is 10. The van der Waals surface area contributed by atoms with E-state index in [1.165, 1.54) is 36.5 Å². The Labute approximate surface area is 196 Å². The number of ether oxygens (including phenoxy) is 3. The smallest absolute Gasteiger partial charge is 0.257 e. The Morgan fingerprint density at radius 1 is 1.00 bits per heavy atom. The Morgan fingerprint density at radius 2 is 1.82 bits per heavy atom. The number of benzene rings is 2. The Bertz CT molecular complexity index is 1130. The average molecular weight is 468 g/mol. The molecule has 9 heteroatoms. The maximum absolute atomic E-state index is 14.3. The van der Waals surface area contributed by atoms with Crippen LogP contribution in [0.25, 0.3) is 0 Å². The lowest BCUT2D eigenvalue weighted by atomic mass is 10.1. The lowest BCUT2D eigenvalue weighted by Gasteiger charge is -2.27. The Hall–Kier alpha value is -3.85. The quantitative estimate of drug-likeness (QED) is 0.453. The van der Waals surface area contributed by atoms with Gasteiger partial charge in [0.2, 0.25) is 12.7 Å². The molecule has 0 fully saturated rings. The van der Waals surface area contributed by atoms with Crippen molar-refractivity contribution < 1.29 is 32.6 Å². The van der Waals surface area contributed by atoms with Crippen molar-refractivity contribution in [1.82, 2.24) is 9.80 Å². The number of furan rings is 1. The van der Waals surface area contributed by atoms with Crippen LogP contribution in [0.3, 0.4) is 0 Å². The second-order valence-corrected chi connectivity index (χ2v) is 7.72. The van der Waals surface area contributed by atoms with E-state index in [1.807, 2.05) is 12.1 Å². The van der Waals surface area contributed by atoms with Crippen molar-refractivity contribution >= 4 is 11.8 Å². The summed E-state index contributed by atoms with van der Waals surface area (Å²) in [5.74, 6) is 0.306. The van der Waals surface area contributed by atoms with E-state index in [9.17, 15) is 14.0 Å². The predicted octanol–water partition coefficient (Wildman–Crippen LogP) is 3.47. The van der Waals surface area contributed by atoms with Gasteiger partial charge in [-0.25, -0.2) is 4.39 Å². The van der Waals surface area contributed by atoms with E-state index in [-0.39, 0.29) is 51.0 Å². The van der Waals surface area contributed by atoms with E-state index in [2.05, 4.69) is 0 Å². The lowest BCUT2D eigenvalue weighted by Crippen LogP contribution is -2.44. The van der Waals surface area contributed by atoms with Gasteiger partial charge in [0.05, 0.1) is 25.0 Å². The molecule has 0 saturated carbocycles. The molecule has 2 amide bonds. The number of fused-ring (bicyclic) bond motifs is 1. The van der Waals surface area contributed by atoms with Crippen LogP contribution in [0.15, 0.2) is 65.3 Å². The maximum atomic E-state index is 14.3. The zero-order chi connectivity index (χ0) is 23.9. The number of nitrogens with zero attached hydrogens (tertiary/aromatic N) is 2. The van der Waals surface area contributed by atoms with Gasteiger partial charge in [-0.2, -0.15) is 0 Å². The van der Waals surface area contributed by atoms with Crippen molar-refractivity contribution in [1.29, 1.82) is 0 Å². The van der Waals surface area contributed by atoms with E-state index in [0.717, 1.165) is 5.56 Å². The largest absolute Gasteiger partial charge is 0.467 e. The SMILES string of the molecule is COCCN(CC(=O)N(Cc1ccc2c(c1)OCO2)Cc1ccco1)C(=O)c1ccccc1F. The highest BCUT2D eigenvalue weighted by Crippen LogP contribution is 2.33. The van der Waals surface area contributed by atoms with Crippen LogP contribution < -0.4 is 9.47 Å². The molecule has 1 aliphatic rings. The molecule has 0 radical (unpaired) electrons. The molecule has 34 heavy (non-hydrogen) atoms. The monoisotopic (exact) mass is 468 g/mol. The van der Waals surface area contributed by atoms with Crippen LogP contribution in [0.4, 0.5) is 4.39 Å². The number of amides is 2. The normalized spacial score (nSPS) is 11.9. The van der Waals surface area contributed by atoms with Crippen molar-refractivity contribution in [3.05, 3.63) is 83.6 Å². The fourth-order valence-electron chi connectivity index (χ4n) is 3.60. The summed E-state index contributed by atoms with van der Waals surface area (Å²) in [6.07, 6.45) is 1.53. The van der Waals surface area contributed by atoms with Gasteiger partial charge in [-0.05, 0) is 42.0 Å². The molecule has 2 heterocycles. The van der Waals surface area contributed by atoms with Crippen molar-refractivity contribution in [3.63, 3.8) is 0 Å². The molecule has 1 aliphatic heterocycles. The summed E-state index contributed by atoms with van der Waals surface area (Å²) in [7, 11) is 1.50. The first kappa shape index (κ1) is 23.3. The second-order valence-electron chi connectivity index (χ2n) is 7.72. The summed E-state index contributed by atoms with van der Waals surface area (Å²) in [5, 5.41) is 0. The summed E-state index contributed by atoms with van der Waals surface area (Å²) >= 11 is 0. The molecule has 3 aromatic rings. The Kier molecular flexibility index (Phi) is 7.44. The summed E-state index contributed by atoms with van der Waals surface area (Å²) in [6, 6.07) is 14.7. The average Bonchev–Trinajstić information content (AvgIpc) is 3.53. The molecule has 1 aromatic heterocycles. The zero-order valence-corrected chi connectivity index (χ0v) is 18.7. The predicted molar refractivity (Wildman–Crippen MR) is 120 cm³/mol. The number of hydrogen-bond donors (Lipinski definition) is 0. The van der Waals surface area contributed by atoms with Crippen LogP contribution >= 0.6 is 0 Å². The summed E-state index contributed by atoms with van der Waals surface area (Å²) in [6.45, 7) is 0.693. The zero-order valence-electron chi connectivity index (χ0n) is 18.7. The van der Waals surface area contributed by atoms with E-state index >= 15 is 0 Å². The maximum Gasteiger partial charge on any atom is 0.257 e. The third-order valence-corrected chi connectivity index (χ3v) is 5.37. The standard InChI is InChI=1S/C25H25FN2O6/c1-31-12-10-27(25(30)20-6-2-3-7-21(20)26)16-24(29)28(15-19-5-4-11-32-19)14-18-8-9-22-23(13-18)34-17-33-22/h2-9,11,13H,10,12,14-17H2,1H3. The Balaban J connectivity index is 1.54. The highest BCUT2D eigenvalue weighted by atomic mass is 19.1. The van der Waals surface area contributed by atoms with Gasteiger partial charge in [-0.3, -0.25) is 9.59 Å². The van der Waals surface area contributed by atoms with Crippen LogP contribution in [0.5, 0.6) is 11.5 Å². The Morgan fingerprint density at radius 3 is 2.59 bits per heavy atom. The fourth-order valence-corrected chi connectivity index (χ4v) is 3.60. The molecule has 0 N–H and O–H groups in total. The topological polar surface area (TPSA) is 81.5 Å². The first-order valence-electron chi connectivity index (χ1n) is 10.8. The number of carbonyl (C=O) groups excluding carboxylic acids is 2. The van der Waals surface area contributed by atoms with Gasteiger partial charge in [-0.15, -0.1) is 0 Å². The second kappa shape index (κ2) is 10.8. The molecular weight excluding hydrogens is 443 g/mol. The van der Waals surface area contributed by atoms with E-state index in [4.69, 9.17) is 18.6 Å². The molecule has 0 unspecified atom stereocenters. The minimum absolute atomic E-state index is 0.0974. The molecule has 0 atom stereocenters. The highest BCUT2D eigenvalue weighted by Gasteiger charge is 2.25. The van der Waals surface area contributed by atoms with Crippen LogP contribution in [0.2, 0.25) is 0 Å². The van der Waals surface area contributed by atoms with Gasteiger partial charge in [0.1, 0.15) is 18.1 Å². The van der Waals surface area contributed by atoms with E-state index in [0.29, 0.717) is 17.3 Å². The third-order valence-electron chi connectivity index (χ3n) is 5.37. The van der Waals surface area contributed by atoms with Crippen LogP contribution in [-0.2, 0) is 22.6 Å². The van der Waals surface area contributed by atoms with Gasteiger partial charge in [-0.1, -0.05) is 18.2 Å². The van der Waals surface area contributed by atoms with Gasteiger partial charge < -0.3 is 28.4 Å². The molecule has 0 saturated heterocycles. The van der Waals surface area contributed by atoms with Crippen molar-refractivity contribution in [2.75, 3.05) is 33.6 Å². The minimum Gasteiger partial charge on any atom is -0.467 e. The van der Waals surface area contributed by atoms with Gasteiger partial charge in [0, 0.05) is 20.2 Å². The number of carbonyl (C=O) groups is 2. The summed E-state index contributed by atoms with van der Waals surface area (Å²) in [4.78, 5) is 29.3. The summed E-state index contributed by atoms with van der Waals surface area (Å²) < 4.78 is 35.6. The number of hydrogen-bond acceptors (Lipinski definition) is 6. The third kappa shape index (κ3) is 5.55. The van der Waals surface area contributed by atoms with Gasteiger partial charge in [0.25, 0.3) is 5.91 Å². The molecule has 178 valence electrons. The first-order valence-corrected chi connectivity index (χ1v) is 10.8. The minimum atomic E-state index is -0.643. The molecule has 0 bridgehead atoms. The molecule has 2 aromatic carbocycles. The van der Waals surface area contributed by atoms with Crippen molar-refractivity contribution in [2.24, 2.45) is 0 Å². The molecule has 0 aliphatic carbocycles. The van der Waals surface area contributed by atoms with Crippen molar-refractivity contribution in [3.8, 4) is 11.5 Å². The van der Waals surface area contributed by atoms with E-state index in [1.54, 1.807) is 29.2 Å². The number of halogens is 1. The van der Waals surface area contributed by atoms with Crippen LogP contribution in [0, 0.1) is 5.82 Å². The van der Waals surface area contributed by atoms with E-state index < -0.39 is 11.7 Å².